The van der Waals surface area contributed by atoms with Crippen LogP contribution in [0.3, 0.4) is 0 Å². The summed E-state index contributed by atoms with van der Waals surface area (Å²) in [6.45, 7) is 0.664. The lowest BCUT2D eigenvalue weighted by Gasteiger charge is -2.04. The zero-order chi connectivity index (χ0) is 17.9. The van der Waals surface area contributed by atoms with E-state index in [0.29, 0.717) is 6.54 Å². The molecule has 0 bridgehead atoms. The Balaban J connectivity index is 1.38. The molecule has 0 saturated carbocycles. The second-order valence-electron chi connectivity index (χ2n) is 6.18. The van der Waals surface area contributed by atoms with Crippen LogP contribution in [0.1, 0.15) is 11.1 Å². The van der Waals surface area contributed by atoms with Crippen molar-refractivity contribution < 1.29 is 0 Å². The van der Waals surface area contributed by atoms with Crippen LogP contribution in [0.15, 0.2) is 81.5 Å². The van der Waals surface area contributed by atoms with E-state index in [4.69, 9.17) is 22.3 Å². The number of nitrogens with zero attached hydrogens (tertiary/aromatic N) is 1. The fourth-order valence-electron chi connectivity index (χ4n) is 2.83. The molecule has 0 aromatic heterocycles. The van der Waals surface area contributed by atoms with Crippen molar-refractivity contribution in [2.24, 2.45) is 4.99 Å². The number of nitrogens with two attached hydrogens (primary N) is 1. The molecule has 4 rings (SSSR count). The monoisotopic (exact) mass is 379 g/mol. The van der Waals surface area contributed by atoms with Crippen molar-refractivity contribution in [1.29, 1.82) is 0 Å². The van der Waals surface area contributed by atoms with E-state index in [9.17, 15) is 0 Å². The van der Waals surface area contributed by atoms with Crippen LogP contribution in [-0.2, 0) is 13.0 Å². The summed E-state index contributed by atoms with van der Waals surface area (Å²) < 4.78 is 0. The van der Waals surface area contributed by atoms with E-state index in [1.807, 2.05) is 36.4 Å². The molecule has 0 aliphatic carbocycles. The van der Waals surface area contributed by atoms with Crippen LogP contribution in [0.5, 0.6) is 0 Å². The van der Waals surface area contributed by atoms with Gasteiger partial charge in [-0.1, -0.05) is 41.6 Å². The number of nitrogens with one attached hydrogen (secondary N) is 1. The molecule has 1 heterocycles. The second kappa shape index (κ2) is 7.44. The molecule has 0 amide bonds. The fourth-order valence-corrected chi connectivity index (χ4v) is 3.77. The molecule has 0 radical (unpaired) electrons. The third-order valence-electron chi connectivity index (χ3n) is 4.20. The maximum Gasteiger partial charge on any atom is 0.106 e. The van der Waals surface area contributed by atoms with Crippen LogP contribution in [0, 0.1) is 0 Å². The lowest BCUT2D eigenvalue weighted by atomic mass is 10.1. The van der Waals surface area contributed by atoms with Gasteiger partial charge < -0.3 is 11.1 Å². The van der Waals surface area contributed by atoms with Gasteiger partial charge in [-0.2, -0.15) is 0 Å². The number of amidine groups is 1. The molecule has 3 nitrogen and oxygen atoms in total. The summed E-state index contributed by atoms with van der Waals surface area (Å²) in [5, 5.41) is 4.11. The first kappa shape index (κ1) is 17.0. The van der Waals surface area contributed by atoms with Gasteiger partial charge >= 0.3 is 0 Å². The molecular formula is C21H18ClN3S. The third kappa shape index (κ3) is 4.03. The Morgan fingerprint density at radius 1 is 0.962 bits per heavy atom. The minimum Gasteiger partial charge on any atom is -0.399 e. The Kier molecular flexibility index (Phi) is 4.87. The van der Waals surface area contributed by atoms with Crippen LogP contribution in [0.4, 0.5) is 11.4 Å². The van der Waals surface area contributed by atoms with Gasteiger partial charge in [0.1, 0.15) is 5.84 Å². The average molecular weight is 380 g/mol. The molecule has 1 aliphatic heterocycles. The van der Waals surface area contributed by atoms with Gasteiger partial charge in [0, 0.05) is 32.6 Å². The van der Waals surface area contributed by atoms with Crippen LogP contribution in [0.2, 0.25) is 5.02 Å². The van der Waals surface area contributed by atoms with E-state index >= 15 is 0 Å². The van der Waals surface area contributed by atoms with E-state index in [0.717, 1.165) is 28.7 Å². The number of nitrogen functional groups attached to an aromatic ring is 1. The molecule has 0 atom stereocenters. The molecule has 3 N–H and O–H groups in total. The largest absolute Gasteiger partial charge is 0.399 e. The predicted octanol–water partition coefficient (Wildman–Crippen LogP) is 5.64. The average Bonchev–Trinajstić information content (AvgIpc) is 3.05. The summed E-state index contributed by atoms with van der Waals surface area (Å²) in [5.74, 6) is 0.991. The molecule has 130 valence electrons. The van der Waals surface area contributed by atoms with Crippen molar-refractivity contribution in [3.63, 3.8) is 0 Å². The third-order valence-corrected chi connectivity index (χ3v) is 5.46. The highest BCUT2D eigenvalue weighted by molar-refractivity contribution is 7.99. The number of benzene rings is 3. The predicted molar refractivity (Wildman–Crippen MR) is 111 cm³/mol. The quantitative estimate of drug-likeness (QED) is 0.576. The summed E-state index contributed by atoms with van der Waals surface area (Å²) in [6, 6.07) is 22.4. The van der Waals surface area contributed by atoms with Crippen molar-refractivity contribution >= 4 is 40.6 Å². The van der Waals surface area contributed by atoms with Crippen LogP contribution in [0.25, 0.3) is 0 Å². The van der Waals surface area contributed by atoms with Crippen molar-refractivity contribution in [2.75, 3.05) is 11.1 Å². The van der Waals surface area contributed by atoms with Crippen LogP contribution in [-0.4, -0.2) is 5.84 Å². The van der Waals surface area contributed by atoms with Crippen molar-refractivity contribution in [3.8, 4) is 0 Å². The summed E-state index contributed by atoms with van der Waals surface area (Å²) in [6.07, 6.45) is 0.833. The van der Waals surface area contributed by atoms with E-state index in [-0.39, 0.29) is 0 Å². The van der Waals surface area contributed by atoms with Gasteiger partial charge in [0.2, 0.25) is 0 Å². The lowest BCUT2D eigenvalue weighted by molar-refractivity contribution is 1.05. The van der Waals surface area contributed by atoms with Crippen molar-refractivity contribution in [2.45, 2.75) is 22.8 Å². The maximum absolute atomic E-state index is 5.93. The van der Waals surface area contributed by atoms with Crippen LogP contribution < -0.4 is 11.1 Å². The Labute approximate surface area is 162 Å². The first-order valence-corrected chi connectivity index (χ1v) is 9.56. The highest BCUT2D eigenvalue weighted by Gasteiger charge is 2.15. The molecule has 0 fully saturated rings. The smallest absolute Gasteiger partial charge is 0.106 e. The van der Waals surface area contributed by atoms with Gasteiger partial charge in [-0.15, -0.1) is 0 Å². The Morgan fingerprint density at radius 2 is 1.65 bits per heavy atom. The zero-order valence-corrected chi connectivity index (χ0v) is 15.6. The van der Waals surface area contributed by atoms with Gasteiger partial charge in [0.15, 0.2) is 0 Å². The van der Waals surface area contributed by atoms with Gasteiger partial charge in [-0.25, -0.2) is 0 Å². The van der Waals surface area contributed by atoms with Gasteiger partial charge in [0.05, 0.1) is 6.54 Å². The summed E-state index contributed by atoms with van der Waals surface area (Å²) in [5.41, 5.74) is 10.1. The number of hydrogen-bond acceptors (Lipinski definition) is 3. The summed E-state index contributed by atoms with van der Waals surface area (Å²) >= 11 is 7.65. The van der Waals surface area contributed by atoms with E-state index < -0.39 is 0 Å². The minimum absolute atomic E-state index is 0.664. The highest BCUT2D eigenvalue weighted by Crippen LogP contribution is 2.29. The number of aliphatic imine (C=N–C) groups is 1. The zero-order valence-electron chi connectivity index (χ0n) is 14.1. The fraction of sp³-hybridized carbons (Fsp3) is 0.0952. The number of rotatable bonds is 4. The number of halogens is 1. The summed E-state index contributed by atoms with van der Waals surface area (Å²) in [4.78, 5) is 7.08. The number of hydrogen-bond donors (Lipinski definition) is 2. The minimum atomic E-state index is 0.664. The molecule has 3 aromatic carbocycles. The van der Waals surface area contributed by atoms with Crippen molar-refractivity contribution in [1.82, 2.24) is 0 Å². The maximum atomic E-state index is 5.93. The van der Waals surface area contributed by atoms with Crippen molar-refractivity contribution in [3.05, 3.63) is 82.9 Å². The van der Waals surface area contributed by atoms with E-state index in [2.05, 4.69) is 35.6 Å². The molecule has 1 aliphatic rings. The molecule has 3 aromatic rings. The molecule has 0 saturated heterocycles. The Bertz CT molecular complexity index is 950. The van der Waals surface area contributed by atoms with E-state index in [1.165, 1.54) is 20.9 Å². The standard InChI is InChI=1S/C21H18ClN3S/c22-16-4-9-19(10-5-16)26-18-7-1-14(2-8-18)13-24-21-11-15-3-6-17(23)12-20(15)25-21/h1-10,12H,11,13,23H2,(H,24,25). The highest BCUT2D eigenvalue weighted by atomic mass is 35.5. The number of fused-ring (bicyclic) bond motifs is 1. The normalized spacial score (nSPS) is 14.3. The van der Waals surface area contributed by atoms with E-state index in [1.54, 1.807) is 11.8 Å². The molecule has 5 heteroatoms. The Morgan fingerprint density at radius 3 is 2.38 bits per heavy atom. The molecule has 0 spiro atoms. The lowest BCUT2D eigenvalue weighted by Crippen LogP contribution is -2.06. The molecule has 0 unspecified atom stereocenters. The van der Waals surface area contributed by atoms with Gasteiger partial charge in [-0.05, 0) is 59.7 Å². The first-order chi connectivity index (χ1) is 12.7. The molecular weight excluding hydrogens is 362 g/mol. The van der Waals surface area contributed by atoms with Gasteiger partial charge in [-0.3, -0.25) is 4.99 Å². The van der Waals surface area contributed by atoms with Gasteiger partial charge in [0.25, 0.3) is 0 Å². The topological polar surface area (TPSA) is 50.4 Å². The Hall–Kier alpha value is -2.43. The SMILES string of the molecule is Nc1ccc2c(c1)NC(=NCc1ccc(Sc3ccc(Cl)cc3)cc1)C2. The first-order valence-electron chi connectivity index (χ1n) is 8.37. The molecule has 26 heavy (non-hydrogen) atoms. The summed E-state index contributed by atoms with van der Waals surface area (Å²) in [7, 11) is 0. The number of anilines is 2. The van der Waals surface area contributed by atoms with Crippen LogP contribution >= 0.6 is 23.4 Å². The second-order valence-corrected chi connectivity index (χ2v) is 7.76.